The van der Waals surface area contributed by atoms with Gasteiger partial charge in [-0.25, -0.2) is 14.6 Å². The zero-order valence-electron chi connectivity index (χ0n) is 21.7. The third kappa shape index (κ3) is 3.74. The number of nitrogens with zero attached hydrogens (tertiary/aromatic N) is 5. The van der Waals surface area contributed by atoms with E-state index >= 15 is 0 Å². The van der Waals surface area contributed by atoms with Crippen LogP contribution in [0.1, 0.15) is 51.0 Å². The smallest absolute Gasteiger partial charge is 0.246 e. The number of rotatable bonds is 5. The summed E-state index contributed by atoms with van der Waals surface area (Å²) >= 11 is 0. The Labute approximate surface area is 225 Å². The second kappa shape index (κ2) is 8.96. The molecule has 1 aromatic carbocycles. The lowest BCUT2D eigenvalue weighted by Crippen LogP contribution is -2.40. The zero-order valence-corrected chi connectivity index (χ0v) is 21.7. The van der Waals surface area contributed by atoms with Crippen molar-refractivity contribution in [2.75, 3.05) is 30.9 Å². The first-order chi connectivity index (χ1) is 19.0. The van der Waals surface area contributed by atoms with Gasteiger partial charge in [-0.2, -0.15) is 5.10 Å². The molecule has 2 aliphatic carbocycles. The van der Waals surface area contributed by atoms with Crippen LogP contribution in [0.15, 0.2) is 31.1 Å². The summed E-state index contributed by atoms with van der Waals surface area (Å²) in [7, 11) is 0. The number of amides is 2. The van der Waals surface area contributed by atoms with Crippen LogP contribution in [0.5, 0.6) is 11.5 Å². The maximum Gasteiger partial charge on any atom is 0.246 e. The first-order valence-corrected chi connectivity index (χ1v) is 13.6. The fraction of sp³-hybridized carbons (Fsp3) is 0.464. The second-order valence-electron chi connectivity index (χ2n) is 11.1. The molecule has 2 amide bonds. The predicted molar refractivity (Wildman–Crippen MR) is 144 cm³/mol. The van der Waals surface area contributed by atoms with Gasteiger partial charge in [0.1, 0.15) is 17.8 Å². The molecular formula is C28H31N7O4. The summed E-state index contributed by atoms with van der Waals surface area (Å²) < 4.78 is 13.6. The maximum absolute atomic E-state index is 13.4. The van der Waals surface area contributed by atoms with Crippen molar-refractivity contribution in [2.24, 2.45) is 11.3 Å². The number of carbonyl (C=O) groups excluding carboxylic acids is 2. The quantitative estimate of drug-likeness (QED) is 0.478. The van der Waals surface area contributed by atoms with Gasteiger partial charge in [0, 0.05) is 24.1 Å². The van der Waals surface area contributed by atoms with Gasteiger partial charge in [-0.1, -0.05) is 6.58 Å². The van der Waals surface area contributed by atoms with Crippen LogP contribution in [0.4, 0.5) is 11.5 Å². The third-order valence-corrected chi connectivity index (χ3v) is 8.99. The summed E-state index contributed by atoms with van der Waals surface area (Å²) in [5, 5.41) is 8.73. The lowest BCUT2D eigenvalue weighted by Gasteiger charge is -2.32. The van der Waals surface area contributed by atoms with E-state index in [4.69, 9.17) is 20.3 Å². The van der Waals surface area contributed by atoms with Crippen molar-refractivity contribution in [2.45, 2.75) is 51.0 Å². The van der Waals surface area contributed by atoms with Gasteiger partial charge in [0.2, 0.25) is 18.6 Å². The summed E-state index contributed by atoms with van der Waals surface area (Å²) in [6.45, 7) is 4.84. The number of fused-ring (bicyclic) bond motifs is 4. The van der Waals surface area contributed by atoms with Gasteiger partial charge in [0.15, 0.2) is 17.1 Å². The number of aromatic nitrogens is 4. The minimum atomic E-state index is -0.267. The SMILES string of the molecule is C=CC(=O)N1CCC[C@@H](n2nc(-c3ccc(NC(=O)C45CCC(CC4)C5)c4c3OCO4)c3c(N)ncnc32)C1. The van der Waals surface area contributed by atoms with Crippen LogP contribution < -0.4 is 20.5 Å². The molecule has 3 fully saturated rings. The molecule has 11 nitrogen and oxygen atoms in total. The third-order valence-electron chi connectivity index (χ3n) is 8.99. The standard InChI is InChI=1S/C28H31N7O4/c1-2-20(36)34-11-3-4-17(13-34)35-26-21(25(29)30-14-31-26)22(33-35)18-5-6-19(24-23(18)38-15-39-24)32-27(37)28-9-7-16(12-28)8-10-28/h2,5-6,14,16-17H,1,3-4,7-13,15H2,(H,32,37)(H2,29,30,31)/t16?,17-,28?/m1/s1. The summed E-state index contributed by atoms with van der Waals surface area (Å²) in [6, 6.07) is 3.63. The van der Waals surface area contributed by atoms with E-state index in [9.17, 15) is 9.59 Å². The van der Waals surface area contributed by atoms with Crippen molar-refractivity contribution < 1.29 is 19.1 Å². The van der Waals surface area contributed by atoms with Crippen LogP contribution in [0.25, 0.3) is 22.3 Å². The number of nitrogen functional groups attached to an aromatic ring is 1. The lowest BCUT2D eigenvalue weighted by atomic mass is 9.83. The molecule has 1 saturated heterocycles. The molecule has 4 heterocycles. The summed E-state index contributed by atoms with van der Waals surface area (Å²) in [4.78, 5) is 36.2. The number of nitrogens with two attached hydrogens (primary N) is 1. The Morgan fingerprint density at radius 1 is 1.15 bits per heavy atom. The van der Waals surface area contributed by atoms with Gasteiger partial charge in [-0.3, -0.25) is 9.59 Å². The Hall–Kier alpha value is -4.15. The number of benzene rings is 1. The molecule has 1 atom stereocenters. The Kier molecular flexibility index (Phi) is 5.50. The Balaban J connectivity index is 1.27. The zero-order chi connectivity index (χ0) is 26.7. The van der Waals surface area contributed by atoms with Crippen LogP contribution in [-0.4, -0.2) is 56.3 Å². The van der Waals surface area contributed by atoms with Crippen molar-refractivity contribution in [3.63, 3.8) is 0 Å². The van der Waals surface area contributed by atoms with Crippen molar-refractivity contribution in [1.29, 1.82) is 0 Å². The van der Waals surface area contributed by atoms with Gasteiger partial charge in [-0.15, -0.1) is 0 Å². The van der Waals surface area contributed by atoms with Gasteiger partial charge in [0.05, 0.1) is 17.1 Å². The number of ether oxygens (including phenoxy) is 2. The molecule has 3 aromatic rings. The van der Waals surface area contributed by atoms with E-state index in [0.717, 1.165) is 44.9 Å². The second-order valence-corrected chi connectivity index (χ2v) is 11.1. The highest BCUT2D eigenvalue weighted by atomic mass is 16.7. The Bertz CT molecular complexity index is 1510. The minimum absolute atomic E-state index is 0.0360. The molecule has 11 heteroatoms. The van der Waals surface area contributed by atoms with Crippen molar-refractivity contribution in [3.05, 3.63) is 31.1 Å². The highest BCUT2D eigenvalue weighted by molar-refractivity contribution is 6.02. The molecule has 0 radical (unpaired) electrons. The van der Waals surface area contributed by atoms with Crippen molar-refractivity contribution in [1.82, 2.24) is 24.6 Å². The Morgan fingerprint density at radius 3 is 2.74 bits per heavy atom. The normalized spacial score (nSPS) is 25.3. The van der Waals surface area contributed by atoms with E-state index in [2.05, 4.69) is 21.9 Å². The van der Waals surface area contributed by atoms with Gasteiger partial charge < -0.3 is 25.4 Å². The number of nitrogens with one attached hydrogen (secondary N) is 1. The number of hydrogen-bond donors (Lipinski definition) is 2. The lowest BCUT2D eigenvalue weighted by molar-refractivity contribution is -0.127. The van der Waals surface area contributed by atoms with Crippen LogP contribution in [0, 0.1) is 11.3 Å². The molecule has 0 unspecified atom stereocenters. The first-order valence-electron chi connectivity index (χ1n) is 13.6. The van der Waals surface area contributed by atoms with Gasteiger partial charge in [-0.05, 0) is 69.1 Å². The fourth-order valence-electron chi connectivity index (χ4n) is 6.97. The van der Waals surface area contributed by atoms with E-state index in [-0.39, 0.29) is 30.1 Å². The molecule has 2 saturated carbocycles. The van der Waals surface area contributed by atoms with E-state index in [1.54, 1.807) is 4.90 Å². The van der Waals surface area contributed by atoms with E-state index in [1.807, 2.05) is 16.8 Å². The largest absolute Gasteiger partial charge is 0.453 e. The molecule has 2 aromatic heterocycles. The molecule has 2 bridgehead atoms. The first kappa shape index (κ1) is 23.9. The number of likely N-dealkylation sites (tertiary alicyclic amines) is 1. The highest BCUT2D eigenvalue weighted by Crippen LogP contribution is 2.55. The van der Waals surface area contributed by atoms with E-state index < -0.39 is 0 Å². The number of hydrogen-bond acceptors (Lipinski definition) is 8. The van der Waals surface area contributed by atoms with Crippen molar-refractivity contribution >= 4 is 34.4 Å². The number of anilines is 2. The van der Waals surface area contributed by atoms with Crippen LogP contribution in [0.3, 0.4) is 0 Å². The molecule has 39 heavy (non-hydrogen) atoms. The molecule has 202 valence electrons. The average Bonchev–Trinajstić information content (AvgIpc) is 3.76. The summed E-state index contributed by atoms with van der Waals surface area (Å²) in [5.41, 5.74) is 8.55. The van der Waals surface area contributed by atoms with Crippen LogP contribution >= 0.6 is 0 Å². The number of carbonyl (C=O) groups is 2. The molecule has 2 aliphatic heterocycles. The highest BCUT2D eigenvalue weighted by Gasteiger charge is 2.50. The molecular weight excluding hydrogens is 498 g/mol. The molecule has 3 N–H and O–H groups in total. The topological polar surface area (TPSA) is 137 Å². The number of piperidine rings is 1. The van der Waals surface area contributed by atoms with E-state index in [1.165, 1.54) is 12.4 Å². The predicted octanol–water partition coefficient (Wildman–Crippen LogP) is 3.67. The molecule has 7 rings (SSSR count). The summed E-state index contributed by atoms with van der Waals surface area (Å²) in [6.07, 6.45) is 9.56. The molecule has 0 spiro atoms. The van der Waals surface area contributed by atoms with E-state index in [0.29, 0.717) is 64.3 Å². The van der Waals surface area contributed by atoms with Gasteiger partial charge >= 0.3 is 0 Å². The monoisotopic (exact) mass is 529 g/mol. The van der Waals surface area contributed by atoms with Crippen LogP contribution in [0.2, 0.25) is 0 Å². The Morgan fingerprint density at radius 2 is 1.97 bits per heavy atom. The minimum Gasteiger partial charge on any atom is -0.453 e. The average molecular weight is 530 g/mol. The summed E-state index contributed by atoms with van der Waals surface area (Å²) in [5.74, 6) is 1.93. The molecule has 4 aliphatic rings. The fourth-order valence-corrected chi connectivity index (χ4v) is 6.97. The van der Waals surface area contributed by atoms with Gasteiger partial charge in [0.25, 0.3) is 0 Å². The van der Waals surface area contributed by atoms with Crippen LogP contribution in [-0.2, 0) is 9.59 Å². The van der Waals surface area contributed by atoms with Crippen molar-refractivity contribution in [3.8, 4) is 22.8 Å². The maximum atomic E-state index is 13.4.